The van der Waals surface area contributed by atoms with Crippen molar-refractivity contribution in [2.45, 2.75) is 44.4 Å². The first kappa shape index (κ1) is 24.4. The largest absolute Gasteiger partial charge is 0.573 e. The van der Waals surface area contributed by atoms with Gasteiger partial charge < -0.3 is 25.5 Å². The molecule has 0 bridgehead atoms. The summed E-state index contributed by atoms with van der Waals surface area (Å²) in [6.07, 6.45) is -0.313. The number of hydrogen-bond donors (Lipinski definition) is 3. The summed E-state index contributed by atoms with van der Waals surface area (Å²) in [5.74, 6) is -1.20. The van der Waals surface area contributed by atoms with E-state index in [9.17, 15) is 23.1 Å². The average molecular weight is 507 g/mol. The molecule has 0 radical (unpaired) electrons. The van der Waals surface area contributed by atoms with Crippen molar-refractivity contribution in [3.8, 4) is 5.75 Å². The minimum absolute atomic E-state index is 0.0959. The van der Waals surface area contributed by atoms with E-state index in [1.807, 2.05) is 0 Å². The number of nitrogens with zero attached hydrogens (tertiary/aromatic N) is 2. The molecular formula is C25H26F4N4O3. The van der Waals surface area contributed by atoms with Crippen molar-refractivity contribution in [2.24, 2.45) is 5.92 Å². The van der Waals surface area contributed by atoms with E-state index in [1.165, 1.54) is 12.3 Å². The van der Waals surface area contributed by atoms with Crippen LogP contribution in [0.3, 0.4) is 0 Å². The fourth-order valence-corrected chi connectivity index (χ4v) is 5.49. The number of aryl methyl sites for hydroxylation is 1. The number of hydrogen-bond acceptors (Lipinski definition) is 5. The van der Waals surface area contributed by atoms with Gasteiger partial charge in [-0.15, -0.1) is 13.2 Å². The Kier molecular flexibility index (Phi) is 6.27. The first-order chi connectivity index (χ1) is 17.1. The van der Waals surface area contributed by atoms with Crippen molar-refractivity contribution in [2.75, 3.05) is 25.4 Å². The van der Waals surface area contributed by atoms with Gasteiger partial charge in [0.2, 0.25) is 0 Å². The topological polar surface area (TPSA) is 104 Å². The zero-order chi connectivity index (χ0) is 25.6. The summed E-state index contributed by atoms with van der Waals surface area (Å²) in [5.41, 5.74) is 9.15. The van der Waals surface area contributed by atoms with Crippen LogP contribution in [0.4, 0.5) is 23.2 Å². The molecule has 5 rings (SSSR count). The molecule has 1 amide bonds. The second kappa shape index (κ2) is 9.27. The number of ether oxygens (including phenoxy) is 1. The number of pyridine rings is 1. The zero-order valence-electron chi connectivity index (χ0n) is 19.4. The number of fused-ring (bicyclic) bond motifs is 3. The number of halogens is 4. The Hall–Kier alpha value is -3.34. The number of aromatic nitrogens is 2. The minimum atomic E-state index is -4.85. The van der Waals surface area contributed by atoms with Gasteiger partial charge in [0, 0.05) is 48.1 Å². The lowest BCUT2D eigenvalue weighted by Crippen LogP contribution is -2.38. The lowest BCUT2D eigenvalue weighted by Gasteiger charge is -2.33. The maximum Gasteiger partial charge on any atom is 0.573 e. The van der Waals surface area contributed by atoms with Crippen LogP contribution in [0.1, 0.15) is 52.4 Å². The molecule has 36 heavy (non-hydrogen) atoms. The first-order valence-electron chi connectivity index (χ1n) is 11.9. The number of rotatable bonds is 4. The number of amides is 1. The smallest absolute Gasteiger partial charge is 0.406 e. The maximum absolute atomic E-state index is 15.1. The Morgan fingerprint density at radius 2 is 2.00 bits per heavy atom. The summed E-state index contributed by atoms with van der Waals surface area (Å²) < 4.78 is 56.3. The molecular weight excluding hydrogens is 480 g/mol. The predicted octanol–water partition coefficient (Wildman–Crippen LogP) is 4.30. The number of nitrogen functional groups attached to an aromatic ring is 1. The van der Waals surface area contributed by atoms with Crippen LogP contribution in [0.2, 0.25) is 0 Å². The molecule has 1 fully saturated rings. The van der Waals surface area contributed by atoms with Crippen LogP contribution in [0.15, 0.2) is 24.4 Å². The highest BCUT2D eigenvalue weighted by atomic mass is 19.4. The quantitative estimate of drug-likeness (QED) is 0.362. The van der Waals surface area contributed by atoms with Gasteiger partial charge in [-0.3, -0.25) is 4.79 Å². The van der Waals surface area contributed by atoms with Crippen molar-refractivity contribution >= 4 is 22.6 Å². The second-order valence-electron chi connectivity index (χ2n) is 9.48. The van der Waals surface area contributed by atoms with Crippen LogP contribution < -0.4 is 10.5 Å². The van der Waals surface area contributed by atoms with Crippen molar-refractivity contribution in [1.82, 2.24) is 14.9 Å². The molecule has 1 atom stereocenters. The van der Waals surface area contributed by atoms with Gasteiger partial charge in [0.15, 0.2) is 0 Å². The van der Waals surface area contributed by atoms with Crippen LogP contribution in [-0.4, -0.2) is 51.9 Å². The van der Waals surface area contributed by atoms with Gasteiger partial charge >= 0.3 is 6.36 Å². The molecule has 11 heteroatoms. The van der Waals surface area contributed by atoms with E-state index in [1.54, 1.807) is 4.90 Å². The van der Waals surface area contributed by atoms with Gasteiger partial charge in [-0.25, -0.2) is 9.37 Å². The zero-order valence-corrected chi connectivity index (χ0v) is 19.4. The van der Waals surface area contributed by atoms with Gasteiger partial charge in [0.25, 0.3) is 5.91 Å². The third kappa shape index (κ3) is 4.59. The molecule has 3 aromatic rings. The SMILES string of the molecule is Nc1cc(OC(F)(F)F)ccc1C(=O)N1CCC(c2c(F)cnc3[nH]c4c(c23)CCC(CO)C4)CC1. The third-order valence-electron chi connectivity index (χ3n) is 7.24. The van der Waals surface area contributed by atoms with E-state index >= 15 is 4.39 Å². The fourth-order valence-electron chi connectivity index (χ4n) is 5.49. The molecule has 1 unspecified atom stereocenters. The molecule has 2 aromatic heterocycles. The van der Waals surface area contributed by atoms with Gasteiger partial charge in [-0.2, -0.15) is 0 Å². The molecule has 1 saturated heterocycles. The normalized spacial score (nSPS) is 18.9. The molecule has 1 aliphatic heterocycles. The Labute approximate surface area is 204 Å². The lowest BCUT2D eigenvalue weighted by atomic mass is 9.83. The molecule has 0 saturated carbocycles. The van der Waals surface area contributed by atoms with Gasteiger partial charge in [0.05, 0.1) is 11.8 Å². The first-order valence-corrected chi connectivity index (χ1v) is 11.9. The number of aliphatic hydroxyl groups excluding tert-OH is 1. The van der Waals surface area contributed by atoms with Crippen LogP contribution >= 0.6 is 0 Å². The number of aliphatic hydroxyl groups is 1. The summed E-state index contributed by atoms with van der Waals surface area (Å²) >= 11 is 0. The molecule has 1 aliphatic carbocycles. The number of alkyl halides is 3. The average Bonchev–Trinajstić information content (AvgIpc) is 3.20. The summed E-state index contributed by atoms with van der Waals surface area (Å²) in [5, 5.41) is 10.4. The van der Waals surface area contributed by atoms with Crippen molar-refractivity contribution < 1.29 is 32.2 Å². The monoisotopic (exact) mass is 506 g/mol. The number of nitrogens with one attached hydrogen (secondary N) is 1. The lowest BCUT2D eigenvalue weighted by molar-refractivity contribution is -0.274. The van der Waals surface area contributed by atoms with Gasteiger partial charge in [-0.1, -0.05) is 0 Å². The standard InChI is InChI=1S/C25H26F4N4O3/c26-18-11-31-23-22(17-3-1-13(12-34)9-20(17)32-23)21(18)14-5-7-33(8-6-14)24(35)16-4-2-15(10-19(16)30)36-25(27,28)29/h2,4,10-11,13-14,34H,1,3,5-9,12,30H2,(H,31,32). The third-order valence-corrected chi connectivity index (χ3v) is 7.24. The molecule has 192 valence electrons. The molecule has 3 heterocycles. The highest BCUT2D eigenvalue weighted by molar-refractivity contribution is 5.99. The van der Waals surface area contributed by atoms with Gasteiger partial charge in [-0.05, 0) is 61.6 Å². The van der Waals surface area contributed by atoms with Crippen LogP contribution in [0.5, 0.6) is 5.75 Å². The predicted molar refractivity (Wildman–Crippen MR) is 124 cm³/mol. The maximum atomic E-state index is 15.1. The summed E-state index contributed by atoms with van der Waals surface area (Å²) in [7, 11) is 0. The number of piperidine rings is 1. The second-order valence-corrected chi connectivity index (χ2v) is 9.48. The van der Waals surface area contributed by atoms with E-state index in [0.717, 1.165) is 41.6 Å². The number of nitrogens with two attached hydrogens (primary N) is 1. The number of carbonyl (C=O) groups excluding carboxylic acids is 1. The van der Waals surface area contributed by atoms with Crippen LogP contribution in [0.25, 0.3) is 11.0 Å². The van der Waals surface area contributed by atoms with Crippen LogP contribution in [0, 0.1) is 11.7 Å². The Morgan fingerprint density at radius 3 is 2.67 bits per heavy atom. The van der Waals surface area contributed by atoms with Crippen molar-refractivity contribution in [3.63, 3.8) is 0 Å². The van der Waals surface area contributed by atoms with E-state index in [-0.39, 0.29) is 41.4 Å². The highest BCUT2D eigenvalue weighted by Gasteiger charge is 2.33. The number of H-pyrrole nitrogens is 1. The van der Waals surface area contributed by atoms with E-state index in [2.05, 4.69) is 14.7 Å². The Bertz CT molecular complexity index is 1300. The molecule has 7 nitrogen and oxygen atoms in total. The molecule has 4 N–H and O–H groups in total. The summed E-state index contributed by atoms with van der Waals surface area (Å²) in [4.78, 5) is 22.2. The number of benzene rings is 1. The minimum Gasteiger partial charge on any atom is -0.406 e. The summed E-state index contributed by atoms with van der Waals surface area (Å²) in [6, 6.07) is 3.26. The number of anilines is 1. The number of carbonyl (C=O) groups is 1. The number of aromatic amines is 1. The van der Waals surface area contributed by atoms with E-state index < -0.39 is 12.1 Å². The van der Waals surface area contributed by atoms with E-state index in [4.69, 9.17) is 5.73 Å². The van der Waals surface area contributed by atoms with Crippen LogP contribution in [-0.2, 0) is 12.8 Å². The highest BCUT2D eigenvalue weighted by Crippen LogP contribution is 2.40. The van der Waals surface area contributed by atoms with E-state index in [0.29, 0.717) is 43.6 Å². The fraction of sp³-hybridized carbons (Fsp3) is 0.440. The Morgan fingerprint density at radius 1 is 1.25 bits per heavy atom. The van der Waals surface area contributed by atoms with Gasteiger partial charge in [0.1, 0.15) is 17.2 Å². The Balaban J connectivity index is 1.34. The summed E-state index contributed by atoms with van der Waals surface area (Å²) in [6.45, 7) is 0.816. The molecule has 1 aromatic carbocycles. The molecule has 2 aliphatic rings. The number of likely N-dealkylation sites (tertiary alicyclic amines) is 1. The van der Waals surface area contributed by atoms with Crippen molar-refractivity contribution in [3.05, 3.63) is 52.6 Å². The molecule has 0 spiro atoms. The van der Waals surface area contributed by atoms with Crippen molar-refractivity contribution in [1.29, 1.82) is 0 Å².